The van der Waals surface area contributed by atoms with Crippen LogP contribution in [0.2, 0.25) is 0 Å². The van der Waals surface area contributed by atoms with Crippen LogP contribution in [-0.4, -0.2) is 39.0 Å². The van der Waals surface area contributed by atoms with Crippen molar-refractivity contribution >= 4 is 12.6 Å². The average molecular weight is 333 g/mol. The molecule has 0 aromatic heterocycles. The summed E-state index contributed by atoms with van der Waals surface area (Å²) in [5, 5.41) is 9.47. The Labute approximate surface area is 141 Å². The molecule has 2 aliphatic heterocycles. The van der Waals surface area contributed by atoms with Gasteiger partial charge in [-0.3, -0.25) is 0 Å². The monoisotopic (exact) mass is 333 g/mol. The Morgan fingerprint density at radius 1 is 1.17 bits per heavy atom. The van der Waals surface area contributed by atoms with E-state index in [2.05, 4.69) is 6.07 Å². The van der Waals surface area contributed by atoms with Gasteiger partial charge in [-0.15, -0.1) is 0 Å². The molecule has 0 saturated carbocycles. The predicted molar refractivity (Wildman–Crippen MR) is 85.5 cm³/mol. The van der Waals surface area contributed by atoms with Crippen LogP contribution in [0.15, 0.2) is 6.07 Å². The first kappa shape index (κ1) is 16.9. The quantitative estimate of drug-likeness (QED) is 0.611. The van der Waals surface area contributed by atoms with E-state index in [9.17, 15) is 5.26 Å². The van der Waals surface area contributed by atoms with Gasteiger partial charge in [0.15, 0.2) is 18.3 Å². The molecule has 2 aliphatic rings. The predicted octanol–water partition coefficient (Wildman–Crippen LogP) is 1.57. The van der Waals surface area contributed by atoms with Gasteiger partial charge in [-0.25, -0.2) is 0 Å². The fraction of sp³-hybridized carbons (Fsp3) is 0.562. The number of hydrogen-bond donors (Lipinski definition) is 0. The van der Waals surface area contributed by atoms with Crippen molar-refractivity contribution in [1.29, 1.82) is 5.26 Å². The molecule has 7 nitrogen and oxygen atoms in total. The fourth-order valence-corrected chi connectivity index (χ4v) is 2.56. The molecule has 0 N–H and O–H groups in total. The molecular weight excluding hydrogens is 313 g/mol. The summed E-state index contributed by atoms with van der Waals surface area (Å²) in [4.78, 5) is 0. The number of hydrogen-bond acceptors (Lipinski definition) is 7. The van der Waals surface area contributed by atoms with Crippen LogP contribution in [-0.2, 0) is 14.0 Å². The molecule has 1 aromatic carbocycles. The van der Waals surface area contributed by atoms with Crippen molar-refractivity contribution in [2.24, 2.45) is 0 Å². The van der Waals surface area contributed by atoms with E-state index in [-0.39, 0.29) is 13.6 Å². The van der Waals surface area contributed by atoms with E-state index in [1.807, 2.05) is 27.7 Å². The Kier molecular flexibility index (Phi) is 4.12. The van der Waals surface area contributed by atoms with Crippen molar-refractivity contribution in [2.75, 3.05) is 20.7 Å². The number of ether oxygens (including phenoxy) is 4. The van der Waals surface area contributed by atoms with Crippen LogP contribution in [0.3, 0.4) is 0 Å². The van der Waals surface area contributed by atoms with Crippen molar-refractivity contribution in [1.82, 2.24) is 0 Å². The molecule has 1 aromatic rings. The second kappa shape index (κ2) is 5.85. The first-order valence-corrected chi connectivity index (χ1v) is 7.64. The molecule has 0 bridgehead atoms. The first-order chi connectivity index (χ1) is 11.3. The Morgan fingerprint density at radius 2 is 1.79 bits per heavy atom. The minimum absolute atomic E-state index is 0.000315. The maximum Gasteiger partial charge on any atom is 0.498 e. The van der Waals surface area contributed by atoms with Gasteiger partial charge in [0, 0.05) is 12.6 Å². The van der Waals surface area contributed by atoms with Crippen LogP contribution >= 0.6 is 0 Å². The van der Waals surface area contributed by atoms with E-state index in [0.717, 1.165) is 0 Å². The van der Waals surface area contributed by atoms with Crippen molar-refractivity contribution in [2.45, 2.75) is 38.9 Å². The van der Waals surface area contributed by atoms with E-state index < -0.39 is 18.3 Å². The highest BCUT2D eigenvalue weighted by Gasteiger charge is 2.53. The highest BCUT2D eigenvalue weighted by molar-refractivity contribution is 6.63. The lowest BCUT2D eigenvalue weighted by molar-refractivity contribution is 0.00578. The van der Waals surface area contributed by atoms with Crippen LogP contribution in [0.4, 0.5) is 0 Å². The third kappa shape index (κ3) is 2.59. The maximum atomic E-state index is 9.47. The van der Waals surface area contributed by atoms with Crippen molar-refractivity contribution < 1.29 is 28.3 Å². The molecule has 8 heteroatoms. The van der Waals surface area contributed by atoms with E-state index in [1.54, 1.807) is 6.07 Å². The standard InChI is InChI=1S/C16H20BNO6/c1-15(2)16(3,4)24-17(23-15)11-6-10(7-18)12(20-8-19-5)14-13(11)21-9-22-14/h6H,8-9H2,1-5H3. The van der Waals surface area contributed by atoms with Crippen LogP contribution in [0.1, 0.15) is 33.3 Å². The molecule has 3 rings (SSSR count). The zero-order valence-electron chi connectivity index (χ0n) is 14.5. The van der Waals surface area contributed by atoms with Gasteiger partial charge in [0.2, 0.25) is 12.5 Å². The molecule has 1 fully saturated rings. The topological polar surface area (TPSA) is 79.2 Å². The number of methoxy groups -OCH3 is 1. The molecule has 128 valence electrons. The number of benzene rings is 1. The smallest absolute Gasteiger partial charge is 0.462 e. The third-order valence-corrected chi connectivity index (χ3v) is 4.57. The summed E-state index contributed by atoms with van der Waals surface area (Å²) in [6.07, 6.45) is 0. The van der Waals surface area contributed by atoms with E-state index in [1.165, 1.54) is 7.11 Å². The minimum Gasteiger partial charge on any atom is -0.462 e. The summed E-state index contributed by atoms with van der Waals surface area (Å²) >= 11 is 0. The first-order valence-electron chi connectivity index (χ1n) is 7.64. The summed E-state index contributed by atoms with van der Waals surface area (Å²) in [7, 11) is 0.844. The molecule has 0 amide bonds. The zero-order chi connectivity index (χ0) is 17.5. The van der Waals surface area contributed by atoms with Gasteiger partial charge in [0.1, 0.15) is 6.07 Å². The van der Waals surface area contributed by atoms with Crippen molar-refractivity contribution in [3.63, 3.8) is 0 Å². The highest BCUT2D eigenvalue weighted by atomic mass is 16.7. The SMILES string of the molecule is COCOc1c(C#N)cc(B2OC(C)(C)C(C)(C)O2)c2c1OCO2. The summed E-state index contributed by atoms with van der Waals surface area (Å²) in [5.74, 6) is 1.14. The molecule has 0 unspecified atom stereocenters. The molecule has 0 aliphatic carbocycles. The highest BCUT2D eigenvalue weighted by Crippen LogP contribution is 2.44. The minimum atomic E-state index is -0.658. The number of fused-ring (bicyclic) bond motifs is 1. The van der Waals surface area contributed by atoms with Gasteiger partial charge in [0.05, 0.1) is 16.8 Å². The molecule has 1 saturated heterocycles. The van der Waals surface area contributed by atoms with Gasteiger partial charge in [0.25, 0.3) is 0 Å². The molecule has 0 radical (unpaired) electrons. The van der Waals surface area contributed by atoms with E-state index in [0.29, 0.717) is 28.3 Å². The lowest BCUT2D eigenvalue weighted by atomic mass is 9.77. The maximum absolute atomic E-state index is 9.47. The lowest BCUT2D eigenvalue weighted by Crippen LogP contribution is -2.41. The number of nitrogens with zero attached hydrogens (tertiary/aromatic N) is 1. The summed E-state index contributed by atoms with van der Waals surface area (Å²) in [6, 6.07) is 3.77. The van der Waals surface area contributed by atoms with Crippen LogP contribution in [0.25, 0.3) is 0 Å². The summed E-state index contributed by atoms with van der Waals surface area (Å²) in [6.45, 7) is 7.90. The van der Waals surface area contributed by atoms with Gasteiger partial charge in [-0.05, 0) is 33.8 Å². The molecular formula is C16H20BNO6. The third-order valence-electron chi connectivity index (χ3n) is 4.57. The second-order valence-electron chi connectivity index (χ2n) is 6.66. The molecule has 0 atom stereocenters. The average Bonchev–Trinajstić information content (AvgIpc) is 3.07. The Hall–Kier alpha value is -1.95. The number of nitriles is 1. The Bertz CT molecular complexity index is 681. The van der Waals surface area contributed by atoms with Crippen LogP contribution < -0.4 is 19.7 Å². The molecule has 0 spiro atoms. The summed E-state index contributed by atoms with van der Waals surface area (Å²) < 4.78 is 33.6. The lowest BCUT2D eigenvalue weighted by Gasteiger charge is -2.32. The molecule has 24 heavy (non-hydrogen) atoms. The normalized spacial score (nSPS) is 20.1. The Morgan fingerprint density at radius 3 is 2.38 bits per heavy atom. The number of rotatable bonds is 4. The second-order valence-corrected chi connectivity index (χ2v) is 6.66. The van der Waals surface area contributed by atoms with Crippen LogP contribution in [0, 0.1) is 11.3 Å². The molecule has 2 heterocycles. The van der Waals surface area contributed by atoms with Gasteiger partial charge < -0.3 is 28.3 Å². The van der Waals surface area contributed by atoms with E-state index in [4.69, 9.17) is 28.3 Å². The fourth-order valence-electron chi connectivity index (χ4n) is 2.56. The summed E-state index contributed by atoms with van der Waals surface area (Å²) in [5.41, 5.74) is -0.0761. The van der Waals surface area contributed by atoms with Gasteiger partial charge >= 0.3 is 7.12 Å². The van der Waals surface area contributed by atoms with E-state index >= 15 is 0 Å². The largest absolute Gasteiger partial charge is 0.498 e. The van der Waals surface area contributed by atoms with Gasteiger partial charge in [-0.1, -0.05) is 0 Å². The van der Waals surface area contributed by atoms with Gasteiger partial charge in [-0.2, -0.15) is 5.26 Å². The van der Waals surface area contributed by atoms with Crippen molar-refractivity contribution in [3.05, 3.63) is 11.6 Å². The zero-order valence-corrected chi connectivity index (χ0v) is 14.5. The Balaban J connectivity index is 2.05. The van der Waals surface area contributed by atoms with Crippen molar-refractivity contribution in [3.8, 4) is 23.3 Å². The van der Waals surface area contributed by atoms with Crippen LogP contribution in [0.5, 0.6) is 17.2 Å².